The third-order valence-corrected chi connectivity index (χ3v) is 11.1. The molecule has 6 nitrogen and oxygen atoms in total. The van der Waals surface area contributed by atoms with Crippen molar-refractivity contribution < 1.29 is 23.5 Å². The SMILES string of the molecule is CCOC(=O)C1=NOC2(COCc3ccccc3)CC(O[Si](C)(C)C(C)(C)C)CC12. The van der Waals surface area contributed by atoms with Crippen molar-refractivity contribution in [2.45, 2.75) is 77.0 Å². The minimum atomic E-state index is -1.95. The van der Waals surface area contributed by atoms with Gasteiger partial charge >= 0.3 is 5.97 Å². The first-order valence-electron chi connectivity index (χ1n) is 10.8. The molecule has 0 radical (unpaired) electrons. The van der Waals surface area contributed by atoms with Crippen molar-refractivity contribution in [1.29, 1.82) is 0 Å². The molecule has 0 aromatic heterocycles. The fourth-order valence-electron chi connectivity index (χ4n) is 3.92. The van der Waals surface area contributed by atoms with Gasteiger partial charge in [-0.2, -0.15) is 0 Å². The van der Waals surface area contributed by atoms with Gasteiger partial charge in [0.15, 0.2) is 19.6 Å². The van der Waals surface area contributed by atoms with Gasteiger partial charge in [-0.15, -0.1) is 0 Å². The van der Waals surface area contributed by atoms with Gasteiger partial charge in [0.05, 0.1) is 25.7 Å². The van der Waals surface area contributed by atoms with Crippen LogP contribution in [0.2, 0.25) is 18.1 Å². The lowest BCUT2D eigenvalue weighted by Gasteiger charge is -2.38. The predicted octanol–water partition coefficient (Wildman–Crippen LogP) is 4.69. The number of fused-ring (bicyclic) bond motifs is 1. The Balaban J connectivity index is 1.73. The fourth-order valence-corrected chi connectivity index (χ4v) is 5.29. The molecule has 3 rings (SSSR count). The van der Waals surface area contributed by atoms with E-state index in [1.54, 1.807) is 6.92 Å². The lowest BCUT2D eigenvalue weighted by molar-refractivity contribution is -0.135. The molecule has 30 heavy (non-hydrogen) atoms. The summed E-state index contributed by atoms with van der Waals surface area (Å²) in [5.41, 5.74) is 0.785. The molecule has 0 bridgehead atoms. The van der Waals surface area contributed by atoms with Crippen molar-refractivity contribution in [2.75, 3.05) is 13.2 Å². The van der Waals surface area contributed by atoms with Crippen LogP contribution in [0.3, 0.4) is 0 Å². The second kappa shape index (κ2) is 8.81. The van der Waals surface area contributed by atoms with Crippen molar-refractivity contribution in [3.8, 4) is 0 Å². The van der Waals surface area contributed by atoms with Crippen LogP contribution in [-0.2, 0) is 30.1 Å². The zero-order valence-electron chi connectivity index (χ0n) is 19.1. The number of carbonyl (C=O) groups excluding carboxylic acids is 1. The molecule has 0 saturated heterocycles. The summed E-state index contributed by atoms with van der Waals surface area (Å²) in [5, 5.41) is 4.25. The van der Waals surface area contributed by atoms with Crippen LogP contribution in [0.15, 0.2) is 35.5 Å². The number of benzene rings is 1. The molecule has 1 saturated carbocycles. The van der Waals surface area contributed by atoms with Crippen molar-refractivity contribution >= 4 is 20.0 Å². The minimum absolute atomic E-state index is 0.0103. The third-order valence-electron chi connectivity index (χ3n) is 6.57. The van der Waals surface area contributed by atoms with Gasteiger partial charge in [0, 0.05) is 12.5 Å². The van der Waals surface area contributed by atoms with E-state index in [9.17, 15) is 4.79 Å². The number of hydrogen-bond acceptors (Lipinski definition) is 6. The summed E-state index contributed by atoms with van der Waals surface area (Å²) in [7, 11) is -1.95. The van der Waals surface area contributed by atoms with Crippen LogP contribution in [0.1, 0.15) is 46.1 Å². The van der Waals surface area contributed by atoms with Gasteiger partial charge in [0.1, 0.15) is 0 Å². The molecule has 0 spiro atoms. The molecule has 1 heterocycles. The Kier molecular flexibility index (Phi) is 6.74. The number of ether oxygens (including phenoxy) is 2. The van der Waals surface area contributed by atoms with Crippen LogP contribution in [0.5, 0.6) is 0 Å². The summed E-state index contributed by atoms with van der Waals surface area (Å²) in [6, 6.07) is 10.0. The summed E-state index contributed by atoms with van der Waals surface area (Å²) < 4.78 is 17.9. The van der Waals surface area contributed by atoms with E-state index >= 15 is 0 Å². The molecule has 3 atom stereocenters. The van der Waals surface area contributed by atoms with Crippen molar-refractivity contribution in [1.82, 2.24) is 0 Å². The molecule has 7 heteroatoms. The maximum Gasteiger partial charge on any atom is 0.356 e. The number of rotatable bonds is 8. The van der Waals surface area contributed by atoms with Gasteiger partial charge in [0.2, 0.25) is 0 Å². The maximum absolute atomic E-state index is 12.5. The van der Waals surface area contributed by atoms with E-state index in [0.29, 0.717) is 38.4 Å². The summed E-state index contributed by atoms with van der Waals surface area (Å²) in [4.78, 5) is 18.4. The lowest BCUT2D eigenvalue weighted by atomic mass is 9.88. The number of nitrogens with zero attached hydrogens (tertiary/aromatic N) is 1. The molecule has 0 amide bonds. The van der Waals surface area contributed by atoms with Crippen LogP contribution >= 0.6 is 0 Å². The predicted molar refractivity (Wildman–Crippen MR) is 119 cm³/mol. The van der Waals surface area contributed by atoms with Crippen molar-refractivity contribution in [2.24, 2.45) is 11.1 Å². The van der Waals surface area contributed by atoms with Crippen molar-refractivity contribution in [3.63, 3.8) is 0 Å². The zero-order valence-corrected chi connectivity index (χ0v) is 20.1. The summed E-state index contributed by atoms with van der Waals surface area (Å²) in [6.45, 7) is 14.1. The van der Waals surface area contributed by atoms with E-state index in [2.05, 4.69) is 39.0 Å². The van der Waals surface area contributed by atoms with Crippen LogP contribution in [0, 0.1) is 5.92 Å². The second-order valence-corrected chi connectivity index (χ2v) is 14.6. The molecule has 1 aliphatic heterocycles. The zero-order chi connectivity index (χ0) is 22.0. The van der Waals surface area contributed by atoms with Gasteiger partial charge in [-0.25, -0.2) is 4.79 Å². The van der Waals surface area contributed by atoms with Crippen LogP contribution in [0.4, 0.5) is 0 Å². The van der Waals surface area contributed by atoms with E-state index in [0.717, 1.165) is 5.56 Å². The second-order valence-electron chi connectivity index (χ2n) is 9.82. The lowest BCUT2D eigenvalue weighted by Crippen LogP contribution is -2.44. The highest BCUT2D eigenvalue weighted by Gasteiger charge is 2.59. The number of carbonyl (C=O) groups is 1. The molecule has 0 N–H and O–H groups in total. The Hall–Kier alpha value is -1.70. The molecule has 2 aliphatic rings. The standard InChI is InChI=1S/C23H35NO5Si/c1-7-27-21(25)20-19-13-18(28-30(5,6)22(2,3)4)14-23(19,29-24-20)16-26-15-17-11-9-8-10-12-17/h8-12,18-19H,7,13-16H2,1-6H3. The van der Waals surface area contributed by atoms with E-state index in [1.807, 2.05) is 30.3 Å². The highest BCUT2D eigenvalue weighted by Crippen LogP contribution is 2.48. The normalized spacial score (nSPS) is 26.1. The molecule has 1 fully saturated rings. The van der Waals surface area contributed by atoms with Gasteiger partial charge in [-0.05, 0) is 37.0 Å². The molecule has 3 unspecified atom stereocenters. The maximum atomic E-state index is 12.5. The minimum Gasteiger partial charge on any atom is -0.461 e. The average molecular weight is 434 g/mol. The first kappa shape index (κ1) is 23.0. The Labute approximate surface area is 181 Å². The number of hydrogen-bond donors (Lipinski definition) is 0. The van der Waals surface area contributed by atoms with E-state index < -0.39 is 19.9 Å². The Bertz CT molecular complexity index is 774. The highest BCUT2D eigenvalue weighted by molar-refractivity contribution is 6.74. The summed E-state index contributed by atoms with van der Waals surface area (Å²) in [5.74, 6) is -0.581. The largest absolute Gasteiger partial charge is 0.461 e. The van der Waals surface area contributed by atoms with Gasteiger partial charge < -0.3 is 18.7 Å². The molecule has 1 aliphatic carbocycles. The first-order valence-corrected chi connectivity index (χ1v) is 13.7. The van der Waals surface area contributed by atoms with Crippen LogP contribution in [-0.4, -0.2) is 44.9 Å². The monoisotopic (exact) mass is 433 g/mol. The molecule has 1 aromatic rings. The first-order chi connectivity index (χ1) is 14.1. The topological polar surface area (TPSA) is 66.4 Å². The average Bonchev–Trinajstić information content (AvgIpc) is 3.16. The molecule has 166 valence electrons. The third kappa shape index (κ3) is 4.79. The van der Waals surface area contributed by atoms with E-state index in [1.165, 1.54) is 0 Å². The van der Waals surface area contributed by atoms with Crippen LogP contribution < -0.4 is 0 Å². The molecular weight excluding hydrogens is 398 g/mol. The quantitative estimate of drug-likeness (QED) is 0.439. The van der Waals surface area contributed by atoms with Gasteiger partial charge in [-0.1, -0.05) is 56.3 Å². The number of oxime groups is 1. The smallest absolute Gasteiger partial charge is 0.356 e. The molecular formula is C23H35NO5Si. The Morgan fingerprint density at radius 1 is 1.27 bits per heavy atom. The summed E-state index contributed by atoms with van der Waals surface area (Å²) in [6.07, 6.45) is 1.36. The molecule has 1 aromatic carbocycles. The summed E-state index contributed by atoms with van der Waals surface area (Å²) >= 11 is 0. The Morgan fingerprint density at radius 2 is 1.97 bits per heavy atom. The Morgan fingerprint density at radius 3 is 2.60 bits per heavy atom. The van der Waals surface area contributed by atoms with Crippen LogP contribution in [0.25, 0.3) is 0 Å². The fraction of sp³-hybridized carbons (Fsp3) is 0.652. The number of esters is 1. The highest BCUT2D eigenvalue weighted by atomic mass is 28.4. The van der Waals surface area contributed by atoms with Gasteiger partial charge in [0.25, 0.3) is 0 Å². The van der Waals surface area contributed by atoms with Gasteiger partial charge in [-0.3, -0.25) is 0 Å². The van der Waals surface area contributed by atoms with Crippen molar-refractivity contribution in [3.05, 3.63) is 35.9 Å². The van der Waals surface area contributed by atoms with E-state index in [4.69, 9.17) is 18.7 Å². The van der Waals surface area contributed by atoms with E-state index in [-0.39, 0.29) is 17.1 Å².